The van der Waals surface area contributed by atoms with Gasteiger partial charge in [-0.15, -0.1) is 5.10 Å². The molecular weight excluding hydrogens is 310 g/mol. The molecule has 8 nitrogen and oxygen atoms in total. The highest BCUT2D eigenvalue weighted by molar-refractivity contribution is 5.80. The lowest BCUT2D eigenvalue weighted by Crippen LogP contribution is -2.48. The zero-order valence-corrected chi connectivity index (χ0v) is 13.2. The fourth-order valence-electron chi connectivity index (χ4n) is 3.26. The van der Waals surface area contributed by atoms with Crippen LogP contribution >= 0.6 is 0 Å². The number of tetrazole rings is 1. The minimum absolute atomic E-state index is 0.0169. The summed E-state index contributed by atoms with van der Waals surface area (Å²) >= 11 is 0. The van der Waals surface area contributed by atoms with Crippen LogP contribution in [-0.4, -0.2) is 42.7 Å². The van der Waals surface area contributed by atoms with Crippen molar-refractivity contribution in [2.45, 2.75) is 44.1 Å². The van der Waals surface area contributed by atoms with Crippen LogP contribution in [0.5, 0.6) is 0 Å². The number of benzene rings is 1. The number of carbonyl (C=O) groups excluding carboxylic acids is 1. The summed E-state index contributed by atoms with van der Waals surface area (Å²) in [6, 6.07) is 7.35. The second kappa shape index (κ2) is 6.77. The van der Waals surface area contributed by atoms with E-state index in [4.69, 9.17) is 5.11 Å². The third-order valence-electron chi connectivity index (χ3n) is 4.37. The molecule has 0 radical (unpaired) electrons. The summed E-state index contributed by atoms with van der Waals surface area (Å²) in [5.41, 5.74) is 1.07. The summed E-state index contributed by atoms with van der Waals surface area (Å²) < 4.78 is 1.53. The first kappa shape index (κ1) is 16.1. The van der Waals surface area contributed by atoms with Crippen LogP contribution in [0.3, 0.4) is 0 Å². The monoisotopic (exact) mass is 329 g/mol. The molecule has 0 atom stereocenters. The number of hydrogen-bond donors (Lipinski definition) is 2. The summed E-state index contributed by atoms with van der Waals surface area (Å²) in [6.07, 6.45) is 5.06. The van der Waals surface area contributed by atoms with Gasteiger partial charge in [0.25, 0.3) is 0 Å². The van der Waals surface area contributed by atoms with E-state index in [1.807, 2.05) is 24.3 Å². The molecular formula is C16H19N5O3. The van der Waals surface area contributed by atoms with Gasteiger partial charge in [-0.05, 0) is 41.0 Å². The van der Waals surface area contributed by atoms with Gasteiger partial charge in [-0.1, -0.05) is 25.0 Å². The maximum Gasteiger partial charge on any atom is 0.305 e. The van der Waals surface area contributed by atoms with E-state index < -0.39 is 11.5 Å². The Hall–Kier alpha value is -2.77. The Kier molecular flexibility index (Phi) is 4.54. The average molecular weight is 329 g/mol. The van der Waals surface area contributed by atoms with E-state index in [2.05, 4.69) is 20.8 Å². The number of carboxylic acids is 1. The van der Waals surface area contributed by atoms with Crippen molar-refractivity contribution in [2.75, 3.05) is 0 Å². The maximum atomic E-state index is 12.3. The predicted molar refractivity (Wildman–Crippen MR) is 84.5 cm³/mol. The van der Waals surface area contributed by atoms with Gasteiger partial charge in [0.1, 0.15) is 6.33 Å². The minimum atomic E-state index is -0.872. The van der Waals surface area contributed by atoms with E-state index in [1.54, 1.807) is 0 Å². The molecule has 0 unspecified atom stereocenters. The van der Waals surface area contributed by atoms with Crippen LogP contribution < -0.4 is 5.32 Å². The number of amides is 1. The highest BCUT2D eigenvalue weighted by Gasteiger charge is 2.37. The minimum Gasteiger partial charge on any atom is -0.481 e. The van der Waals surface area contributed by atoms with Crippen LogP contribution in [0.1, 0.15) is 37.7 Å². The first-order chi connectivity index (χ1) is 11.6. The standard InChI is InChI=1S/C16H19N5O3/c22-14(18-16(10-15(23)24)7-1-2-8-16)9-12-3-5-13(6-4-12)21-11-17-19-20-21/h3-6,11H,1-2,7-10H2,(H,18,22)(H,23,24). The van der Waals surface area contributed by atoms with Gasteiger partial charge in [-0.3, -0.25) is 9.59 Å². The number of aliphatic carboxylic acids is 1. The van der Waals surface area contributed by atoms with Crippen LogP contribution in [0.25, 0.3) is 5.69 Å². The lowest BCUT2D eigenvalue weighted by atomic mass is 9.92. The third kappa shape index (κ3) is 3.76. The van der Waals surface area contributed by atoms with Gasteiger partial charge in [0.15, 0.2) is 0 Å². The number of nitrogens with zero attached hydrogens (tertiary/aromatic N) is 4. The Morgan fingerprint density at radius 1 is 1.21 bits per heavy atom. The molecule has 1 heterocycles. The summed E-state index contributed by atoms with van der Waals surface area (Å²) in [4.78, 5) is 23.4. The van der Waals surface area contributed by atoms with Crippen LogP contribution in [-0.2, 0) is 16.0 Å². The second-order valence-corrected chi connectivity index (χ2v) is 6.20. The number of aromatic nitrogens is 4. The molecule has 3 rings (SSSR count). The van der Waals surface area contributed by atoms with E-state index in [9.17, 15) is 9.59 Å². The molecule has 1 aliphatic carbocycles. The largest absolute Gasteiger partial charge is 0.481 e. The van der Waals surface area contributed by atoms with Gasteiger partial charge in [0.05, 0.1) is 24.1 Å². The zero-order valence-electron chi connectivity index (χ0n) is 13.2. The molecule has 2 aromatic rings. The fraction of sp³-hybridized carbons (Fsp3) is 0.438. The summed E-state index contributed by atoms with van der Waals surface area (Å²) in [5.74, 6) is -1.02. The van der Waals surface area contributed by atoms with Crippen LogP contribution in [0.2, 0.25) is 0 Å². The Morgan fingerprint density at radius 3 is 2.50 bits per heavy atom. The van der Waals surface area contributed by atoms with E-state index in [1.165, 1.54) is 11.0 Å². The number of hydrogen-bond acceptors (Lipinski definition) is 5. The topological polar surface area (TPSA) is 110 Å². The van der Waals surface area contributed by atoms with E-state index in [0.717, 1.165) is 36.9 Å². The van der Waals surface area contributed by atoms with Gasteiger partial charge in [-0.25, -0.2) is 4.68 Å². The van der Waals surface area contributed by atoms with Gasteiger partial charge < -0.3 is 10.4 Å². The Bertz CT molecular complexity index is 706. The third-order valence-corrected chi connectivity index (χ3v) is 4.37. The molecule has 8 heteroatoms. The SMILES string of the molecule is O=C(O)CC1(NC(=O)Cc2ccc(-n3cnnn3)cc2)CCCC1. The average Bonchev–Trinajstić information content (AvgIpc) is 3.19. The molecule has 126 valence electrons. The molecule has 1 fully saturated rings. The van der Waals surface area contributed by atoms with Crippen molar-refractivity contribution in [2.24, 2.45) is 0 Å². The second-order valence-electron chi connectivity index (χ2n) is 6.20. The molecule has 1 aromatic heterocycles. The highest BCUT2D eigenvalue weighted by atomic mass is 16.4. The molecule has 1 amide bonds. The molecule has 0 saturated heterocycles. The Morgan fingerprint density at radius 2 is 1.92 bits per heavy atom. The molecule has 0 spiro atoms. The quantitative estimate of drug-likeness (QED) is 0.821. The summed E-state index contributed by atoms with van der Waals surface area (Å²) in [6.45, 7) is 0. The number of rotatable bonds is 6. The Labute approximate surface area is 138 Å². The molecule has 1 aliphatic rings. The molecule has 0 bridgehead atoms. The highest BCUT2D eigenvalue weighted by Crippen LogP contribution is 2.32. The Balaban J connectivity index is 1.63. The molecule has 2 N–H and O–H groups in total. The number of nitrogens with one attached hydrogen (secondary N) is 1. The van der Waals surface area contributed by atoms with E-state index in [-0.39, 0.29) is 18.7 Å². The zero-order chi connectivity index (χ0) is 17.0. The van der Waals surface area contributed by atoms with Gasteiger partial charge in [0.2, 0.25) is 5.91 Å². The van der Waals surface area contributed by atoms with Crippen molar-refractivity contribution in [3.63, 3.8) is 0 Å². The smallest absolute Gasteiger partial charge is 0.305 e. The van der Waals surface area contributed by atoms with Crippen molar-refractivity contribution in [1.82, 2.24) is 25.5 Å². The maximum absolute atomic E-state index is 12.3. The van der Waals surface area contributed by atoms with Crippen LogP contribution in [0.15, 0.2) is 30.6 Å². The van der Waals surface area contributed by atoms with Crippen LogP contribution in [0.4, 0.5) is 0 Å². The van der Waals surface area contributed by atoms with Crippen molar-refractivity contribution >= 4 is 11.9 Å². The fourth-order valence-corrected chi connectivity index (χ4v) is 3.26. The van der Waals surface area contributed by atoms with Crippen molar-refractivity contribution < 1.29 is 14.7 Å². The summed E-state index contributed by atoms with van der Waals surface area (Å²) in [5, 5.41) is 23.0. The predicted octanol–water partition coefficient (Wildman–Crippen LogP) is 1.11. The van der Waals surface area contributed by atoms with Crippen molar-refractivity contribution in [1.29, 1.82) is 0 Å². The molecule has 1 saturated carbocycles. The van der Waals surface area contributed by atoms with Gasteiger partial charge >= 0.3 is 5.97 Å². The molecule has 1 aromatic carbocycles. The van der Waals surface area contributed by atoms with E-state index >= 15 is 0 Å². The number of carbonyl (C=O) groups is 2. The summed E-state index contributed by atoms with van der Waals surface area (Å²) in [7, 11) is 0. The number of carboxylic acid groups (broad SMARTS) is 1. The van der Waals surface area contributed by atoms with Gasteiger partial charge in [-0.2, -0.15) is 0 Å². The molecule has 0 aliphatic heterocycles. The lowest BCUT2D eigenvalue weighted by molar-refractivity contribution is -0.139. The lowest BCUT2D eigenvalue weighted by Gasteiger charge is -2.28. The molecule has 24 heavy (non-hydrogen) atoms. The first-order valence-corrected chi connectivity index (χ1v) is 7.91. The van der Waals surface area contributed by atoms with Gasteiger partial charge in [0, 0.05) is 0 Å². The van der Waals surface area contributed by atoms with Crippen molar-refractivity contribution in [3.8, 4) is 5.69 Å². The van der Waals surface area contributed by atoms with Crippen LogP contribution in [0, 0.1) is 0 Å². The normalized spacial score (nSPS) is 16.0. The van der Waals surface area contributed by atoms with Crippen molar-refractivity contribution in [3.05, 3.63) is 36.2 Å². The van der Waals surface area contributed by atoms with E-state index in [0.29, 0.717) is 0 Å². The first-order valence-electron chi connectivity index (χ1n) is 7.91.